The highest BCUT2D eigenvalue weighted by atomic mass is 79.9. The van der Waals surface area contributed by atoms with Gasteiger partial charge in [-0.25, -0.2) is 0 Å². The van der Waals surface area contributed by atoms with E-state index in [1.165, 1.54) is 11.3 Å². The highest BCUT2D eigenvalue weighted by Crippen LogP contribution is 2.23. The molecular weight excluding hydrogens is 288 g/mol. The van der Waals surface area contributed by atoms with Crippen LogP contribution < -0.4 is 0 Å². The first kappa shape index (κ1) is 13.4. The van der Waals surface area contributed by atoms with Gasteiger partial charge in [-0.15, -0.1) is 11.3 Å². The highest BCUT2D eigenvalue weighted by molar-refractivity contribution is 9.10. The third-order valence-electron chi connectivity index (χ3n) is 2.40. The average Bonchev–Trinajstić information content (AvgIpc) is 2.64. The van der Waals surface area contributed by atoms with Crippen molar-refractivity contribution in [1.82, 2.24) is 4.90 Å². The monoisotopic (exact) mass is 300 g/mol. The molecule has 0 radical (unpaired) electrons. The van der Waals surface area contributed by atoms with Crippen LogP contribution in [0, 0.1) is 11.3 Å². The number of thiophene rings is 1. The van der Waals surface area contributed by atoms with Crippen LogP contribution in [0.25, 0.3) is 0 Å². The molecule has 5 heteroatoms. The summed E-state index contributed by atoms with van der Waals surface area (Å²) in [6.45, 7) is 2.29. The molecule has 86 valence electrons. The molecule has 0 N–H and O–H groups in total. The standard InChI is InChI=1S/C11H13BrN2OS/c1-8(3-5-13)14(2)7-10(15)11-9(12)4-6-16-11/h4,6,8H,3,7H2,1-2H3. The van der Waals surface area contributed by atoms with Crippen LogP contribution >= 0.6 is 27.3 Å². The van der Waals surface area contributed by atoms with Crippen molar-refractivity contribution < 1.29 is 4.79 Å². The lowest BCUT2D eigenvalue weighted by Gasteiger charge is -2.21. The van der Waals surface area contributed by atoms with Gasteiger partial charge in [-0.1, -0.05) is 0 Å². The summed E-state index contributed by atoms with van der Waals surface area (Å²) in [5.41, 5.74) is 0. The Morgan fingerprint density at radius 3 is 2.94 bits per heavy atom. The van der Waals surface area contributed by atoms with Gasteiger partial charge in [0.05, 0.1) is 23.9 Å². The van der Waals surface area contributed by atoms with Gasteiger partial charge in [0.2, 0.25) is 0 Å². The van der Waals surface area contributed by atoms with Gasteiger partial charge in [0, 0.05) is 10.5 Å². The van der Waals surface area contributed by atoms with E-state index in [0.29, 0.717) is 13.0 Å². The molecule has 0 aliphatic rings. The zero-order chi connectivity index (χ0) is 12.1. The summed E-state index contributed by atoms with van der Waals surface area (Å²) in [6, 6.07) is 4.08. The second-order valence-electron chi connectivity index (χ2n) is 3.65. The SMILES string of the molecule is CC(CC#N)N(C)CC(=O)c1sccc1Br. The van der Waals surface area contributed by atoms with E-state index in [1.807, 2.05) is 30.3 Å². The maximum atomic E-state index is 11.9. The summed E-state index contributed by atoms with van der Waals surface area (Å²) in [5.74, 6) is 0.0918. The Hall–Kier alpha value is -0.700. The number of carbonyl (C=O) groups excluding carboxylic acids is 1. The van der Waals surface area contributed by atoms with Crippen LogP contribution in [0.3, 0.4) is 0 Å². The molecule has 16 heavy (non-hydrogen) atoms. The molecule has 0 aliphatic carbocycles. The topological polar surface area (TPSA) is 44.1 Å². The van der Waals surface area contributed by atoms with Crippen LogP contribution in [0.1, 0.15) is 23.0 Å². The number of ketones is 1. The van der Waals surface area contributed by atoms with Gasteiger partial charge in [-0.2, -0.15) is 5.26 Å². The number of nitriles is 1. The van der Waals surface area contributed by atoms with E-state index in [-0.39, 0.29) is 11.8 Å². The van der Waals surface area contributed by atoms with E-state index in [4.69, 9.17) is 5.26 Å². The van der Waals surface area contributed by atoms with Gasteiger partial charge < -0.3 is 0 Å². The first-order valence-corrected chi connectivity index (χ1v) is 6.57. The van der Waals surface area contributed by atoms with Gasteiger partial charge in [-0.3, -0.25) is 9.69 Å². The van der Waals surface area contributed by atoms with Gasteiger partial charge in [0.1, 0.15) is 0 Å². The minimum Gasteiger partial charge on any atom is -0.295 e. The quantitative estimate of drug-likeness (QED) is 0.785. The second-order valence-corrected chi connectivity index (χ2v) is 5.42. The molecule has 1 rings (SSSR count). The third-order valence-corrected chi connectivity index (χ3v) is 4.28. The van der Waals surface area contributed by atoms with E-state index in [2.05, 4.69) is 22.0 Å². The molecule has 0 aliphatic heterocycles. The second kappa shape index (κ2) is 6.14. The fourth-order valence-corrected chi connectivity index (χ4v) is 2.76. The van der Waals surface area contributed by atoms with Crippen LogP contribution in [0.5, 0.6) is 0 Å². The molecule has 0 spiro atoms. The molecule has 0 bridgehead atoms. The minimum absolute atomic E-state index is 0.0918. The maximum Gasteiger partial charge on any atom is 0.187 e. The van der Waals surface area contributed by atoms with Gasteiger partial charge in [0.15, 0.2) is 5.78 Å². The van der Waals surface area contributed by atoms with Crippen molar-refractivity contribution in [2.75, 3.05) is 13.6 Å². The van der Waals surface area contributed by atoms with E-state index in [9.17, 15) is 4.79 Å². The van der Waals surface area contributed by atoms with E-state index >= 15 is 0 Å². The first-order valence-electron chi connectivity index (χ1n) is 4.89. The summed E-state index contributed by atoms with van der Waals surface area (Å²) >= 11 is 4.78. The molecule has 1 heterocycles. The van der Waals surface area contributed by atoms with Crippen molar-refractivity contribution in [2.24, 2.45) is 0 Å². The highest BCUT2D eigenvalue weighted by Gasteiger charge is 2.16. The third kappa shape index (κ3) is 3.41. The van der Waals surface area contributed by atoms with Crippen LogP contribution in [0.15, 0.2) is 15.9 Å². The molecule has 3 nitrogen and oxygen atoms in total. The smallest absolute Gasteiger partial charge is 0.187 e. The zero-order valence-electron chi connectivity index (χ0n) is 9.24. The molecule has 0 saturated carbocycles. The number of hydrogen-bond acceptors (Lipinski definition) is 4. The lowest BCUT2D eigenvalue weighted by molar-refractivity contribution is 0.0929. The van der Waals surface area contributed by atoms with Gasteiger partial charge in [-0.05, 0) is 41.3 Å². The first-order chi connectivity index (χ1) is 7.56. The predicted octanol–water partition coefficient (Wildman–Crippen LogP) is 2.93. The number of likely N-dealkylation sites (N-methyl/N-ethyl adjacent to an activating group) is 1. The summed E-state index contributed by atoms with van der Waals surface area (Å²) in [4.78, 5) is 14.5. The molecule has 0 saturated heterocycles. The number of nitrogens with zero attached hydrogens (tertiary/aromatic N) is 2. The van der Waals surface area contributed by atoms with Crippen LogP contribution in [-0.2, 0) is 0 Å². The van der Waals surface area contributed by atoms with E-state index in [0.717, 1.165) is 9.35 Å². The molecular formula is C11H13BrN2OS. The Balaban J connectivity index is 2.59. The molecule has 0 fully saturated rings. The summed E-state index contributed by atoms with van der Waals surface area (Å²) in [5, 5.41) is 10.5. The lowest BCUT2D eigenvalue weighted by atomic mass is 10.2. The summed E-state index contributed by atoms with van der Waals surface area (Å²) in [6.07, 6.45) is 0.440. The summed E-state index contributed by atoms with van der Waals surface area (Å²) in [7, 11) is 1.86. The number of carbonyl (C=O) groups is 1. The Kier molecular flexibility index (Phi) is 5.13. The van der Waals surface area contributed by atoms with Crippen molar-refractivity contribution in [1.29, 1.82) is 5.26 Å². The average molecular weight is 301 g/mol. The van der Waals surface area contributed by atoms with Crippen molar-refractivity contribution in [2.45, 2.75) is 19.4 Å². The molecule has 1 atom stereocenters. The Morgan fingerprint density at radius 2 is 2.44 bits per heavy atom. The van der Waals surface area contributed by atoms with Gasteiger partial charge in [0.25, 0.3) is 0 Å². The van der Waals surface area contributed by atoms with Crippen LogP contribution in [-0.4, -0.2) is 30.3 Å². The lowest BCUT2D eigenvalue weighted by Crippen LogP contribution is -2.33. The van der Waals surface area contributed by atoms with Crippen molar-refractivity contribution in [3.8, 4) is 6.07 Å². The fourth-order valence-electron chi connectivity index (χ4n) is 1.23. The van der Waals surface area contributed by atoms with Crippen molar-refractivity contribution in [3.05, 3.63) is 20.8 Å². The normalized spacial score (nSPS) is 12.4. The number of halogens is 1. The number of rotatable bonds is 5. The number of hydrogen-bond donors (Lipinski definition) is 0. The Bertz CT molecular complexity index is 410. The van der Waals surface area contributed by atoms with E-state index < -0.39 is 0 Å². The molecule has 1 unspecified atom stereocenters. The largest absolute Gasteiger partial charge is 0.295 e. The zero-order valence-corrected chi connectivity index (χ0v) is 11.6. The molecule has 0 amide bonds. The minimum atomic E-state index is 0.0918. The van der Waals surface area contributed by atoms with Gasteiger partial charge >= 0.3 is 0 Å². The number of Topliss-reactive ketones (excluding diaryl/α,β-unsaturated/α-hetero) is 1. The Labute approximate surface area is 108 Å². The molecule has 1 aromatic heterocycles. The molecule has 1 aromatic rings. The van der Waals surface area contributed by atoms with E-state index in [1.54, 1.807) is 0 Å². The summed E-state index contributed by atoms with van der Waals surface area (Å²) < 4.78 is 0.851. The van der Waals surface area contributed by atoms with Crippen molar-refractivity contribution in [3.63, 3.8) is 0 Å². The van der Waals surface area contributed by atoms with Crippen molar-refractivity contribution >= 4 is 33.0 Å². The Morgan fingerprint density at radius 1 is 1.75 bits per heavy atom. The van der Waals surface area contributed by atoms with Crippen LogP contribution in [0.2, 0.25) is 0 Å². The molecule has 0 aromatic carbocycles. The fraction of sp³-hybridized carbons (Fsp3) is 0.455. The maximum absolute atomic E-state index is 11.9. The van der Waals surface area contributed by atoms with Crippen LogP contribution in [0.4, 0.5) is 0 Å². The predicted molar refractivity (Wildman–Crippen MR) is 68.7 cm³/mol.